The second-order valence-corrected chi connectivity index (χ2v) is 5.66. The van der Waals surface area contributed by atoms with Crippen LogP contribution >= 0.6 is 11.3 Å². The molecule has 0 unspecified atom stereocenters. The summed E-state index contributed by atoms with van der Waals surface area (Å²) in [6.45, 7) is 0.334. The van der Waals surface area contributed by atoms with Crippen LogP contribution in [0.15, 0.2) is 17.5 Å². The van der Waals surface area contributed by atoms with E-state index in [4.69, 9.17) is 0 Å². The zero-order chi connectivity index (χ0) is 12.8. The Morgan fingerprint density at radius 3 is 2.72 bits per heavy atom. The summed E-state index contributed by atoms with van der Waals surface area (Å²) in [5, 5.41) is 4.23. The Hall–Kier alpha value is -1.69. The molecule has 0 aromatic carbocycles. The second-order valence-electron chi connectivity index (χ2n) is 4.63. The molecule has 1 aliphatic carbocycles. The average Bonchev–Trinajstić information content (AvgIpc) is 2.99. The lowest BCUT2D eigenvalue weighted by Gasteiger charge is -2.30. The largest absolute Gasteiger partial charge is 0.330 e. The molecular formula is C12H12N2O3S. The number of imide groups is 2. The molecule has 0 bridgehead atoms. The van der Waals surface area contributed by atoms with Gasteiger partial charge in [0.25, 0.3) is 0 Å². The van der Waals surface area contributed by atoms with Gasteiger partial charge in [-0.15, -0.1) is 11.3 Å². The first-order valence-electron chi connectivity index (χ1n) is 5.83. The first-order chi connectivity index (χ1) is 8.63. The van der Waals surface area contributed by atoms with Crippen molar-refractivity contribution in [2.75, 3.05) is 6.54 Å². The number of hydrogen-bond donors (Lipinski definition) is 1. The fraction of sp³-hybridized carbons (Fsp3) is 0.417. The van der Waals surface area contributed by atoms with Crippen molar-refractivity contribution in [2.45, 2.75) is 19.3 Å². The number of thiophene rings is 1. The van der Waals surface area contributed by atoms with E-state index in [-0.39, 0.29) is 5.91 Å². The fourth-order valence-corrected chi connectivity index (χ4v) is 2.88. The number of rotatable bonds is 3. The highest BCUT2D eigenvalue weighted by Gasteiger charge is 2.61. The molecule has 94 valence electrons. The minimum absolute atomic E-state index is 0.326. The van der Waals surface area contributed by atoms with E-state index < -0.39 is 17.4 Å². The maximum atomic E-state index is 12.1. The summed E-state index contributed by atoms with van der Waals surface area (Å²) in [6.07, 6.45) is 1.75. The Kier molecular flexibility index (Phi) is 2.48. The van der Waals surface area contributed by atoms with Crippen molar-refractivity contribution in [2.24, 2.45) is 5.41 Å². The normalized spacial score (nSPS) is 21.3. The van der Waals surface area contributed by atoms with Crippen molar-refractivity contribution in [1.29, 1.82) is 0 Å². The zero-order valence-corrected chi connectivity index (χ0v) is 10.5. The molecule has 3 rings (SSSR count). The molecule has 2 aliphatic rings. The standard InChI is InChI=1S/C12H12N2O3S/c15-9-12(4-5-12)10(16)14(11(17)13-9)6-3-8-2-1-7-18-8/h1-2,7H,3-6H2,(H,13,15,17). The van der Waals surface area contributed by atoms with E-state index in [0.29, 0.717) is 25.8 Å². The van der Waals surface area contributed by atoms with Gasteiger partial charge >= 0.3 is 6.03 Å². The third-order valence-electron chi connectivity index (χ3n) is 3.47. The molecule has 1 spiro atoms. The number of barbiturate groups is 1. The lowest BCUT2D eigenvalue weighted by Crippen LogP contribution is -2.59. The molecule has 1 saturated heterocycles. The summed E-state index contributed by atoms with van der Waals surface area (Å²) in [5.74, 6) is -0.752. The smallest absolute Gasteiger partial charge is 0.277 e. The van der Waals surface area contributed by atoms with Gasteiger partial charge in [-0.2, -0.15) is 0 Å². The third kappa shape index (κ3) is 1.64. The minimum atomic E-state index is -0.927. The molecule has 5 nitrogen and oxygen atoms in total. The number of nitrogens with zero attached hydrogens (tertiary/aromatic N) is 1. The van der Waals surface area contributed by atoms with Gasteiger partial charge in [-0.1, -0.05) is 6.07 Å². The van der Waals surface area contributed by atoms with Crippen LogP contribution in [0.3, 0.4) is 0 Å². The minimum Gasteiger partial charge on any atom is -0.277 e. The van der Waals surface area contributed by atoms with E-state index in [9.17, 15) is 14.4 Å². The SMILES string of the molecule is O=C1NC(=O)C2(CC2)C(=O)N1CCc1cccs1. The van der Waals surface area contributed by atoms with Crippen LogP contribution in [0.2, 0.25) is 0 Å². The number of nitrogens with one attached hydrogen (secondary N) is 1. The summed E-state index contributed by atoms with van der Waals surface area (Å²) in [5.41, 5.74) is -0.927. The Morgan fingerprint density at radius 1 is 1.33 bits per heavy atom. The number of amides is 4. The predicted octanol–water partition coefficient (Wildman–Crippen LogP) is 1.15. The lowest BCUT2D eigenvalue weighted by atomic mass is 10.0. The van der Waals surface area contributed by atoms with Gasteiger partial charge in [0.05, 0.1) is 0 Å². The Bertz CT molecular complexity index is 519. The number of carbonyl (C=O) groups is 3. The Morgan fingerprint density at radius 2 is 2.11 bits per heavy atom. The molecule has 18 heavy (non-hydrogen) atoms. The molecular weight excluding hydrogens is 252 g/mol. The highest BCUT2D eigenvalue weighted by molar-refractivity contribution is 7.09. The molecule has 2 heterocycles. The highest BCUT2D eigenvalue weighted by atomic mass is 32.1. The average molecular weight is 264 g/mol. The van der Waals surface area contributed by atoms with E-state index >= 15 is 0 Å². The summed E-state index contributed by atoms with van der Waals surface area (Å²) >= 11 is 1.59. The maximum Gasteiger partial charge on any atom is 0.330 e. The van der Waals surface area contributed by atoms with Crippen LogP contribution in [0, 0.1) is 5.41 Å². The maximum absolute atomic E-state index is 12.1. The predicted molar refractivity (Wildman–Crippen MR) is 64.9 cm³/mol. The highest BCUT2D eigenvalue weighted by Crippen LogP contribution is 2.48. The van der Waals surface area contributed by atoms with Gasteiger partial charge in [-0.05, 0) is 30.7 Å². The first-order valence-corrected chi connectivity index (χ1v) is 6.71. The van der Waals surface area contributed by atoms with Gasteiger partial charge in [0.2, 0.25) is 11.8 Å². The van der Waals surface area contributed by atoms with Gasteiger partial charge in [-0.3, -0.25) is 19.8 Å². The van der Waals surface area contributed by atoms with Crippen LogP contribution in [0.5, 0.6) is 0 Å². The number of hydrogen-bond acceptors (Lipinski definition) is 4. The molecule has 6 heteroatoms. The quantitative estimate of drug-likeness (QED) is 0.833. The molecule has 1 N–H and O–H groups in total. The summed E-state index contributed by atoms with van der Waals surface area (Å²) < 4.78 is 0. The molecule has 4 amide bonds. The molecule has 1 aliphatic heterocycles. The Balaban J connectivity index is 1.73. The lowest BCUT2D eigenvalue weighted by molar-refractivity contribution is -0.144. The van der Waals surface area contributed by atoms with Crippen LogP contribution in [0.4, 0.5) is 4.79 Å². The molecule has 2 fully saturated rings. The van der Waals surface area contributed by atoms with Crippen molar-refractivity contribution in [3.05, 3.63) is 22.4 Å². The van der Waals surface area contributed by atoms with E-state index in [1.54, 1.807) is 11.3 Å². The van der Waals surface area contributed by atoms with Gasteiger partial charge in [0.1, 0.15) is 5.41 Å². The summed E-state index contributed by atoms with van der Waals surface area (Å²) in [4.78, 5) is 37.7. The molecule has 0 radical (unpaired) electrons. The summed E-state index contributed by atoms with van der Waals surface area (Å²) in [7, 11) is 0. The second kappa shape index (κ2) is 3.91. The Labute approximate surface area is 108 Å². The monoisotopic (exact) mass is 264 g/mol. The van der Waals surface area contributed by atoms with Gasteiger partial charge in [-0.25, -0.2) is 4.79 Å². The molecule has 1 aromatic rings. The van der Waals surface area contributed by atoms with Gasteiger partial charge < -0.3 is 0 Å². The topological polar surface area (TPSA) is 66.5 Å². The molecule has 0 atom stereocenters. The van der Waals surface area contributed by atoms with Crippen molar-refractivity contribution in [3.63, 3.8) is 0 Å². The first kappa shape index (κ1) is 11.4. The van der Waals surface area contributed by atoms with E-state index in [1.807, 2.05) is 17.5 Å². The fourth-order valence-electron chi connectivity index (χ4n) is 2.18. The zero-order valence-electron chi connectivity index (χ0n) is 9.64. The van der Waals surface area contributed by atoms with Crippen molar-refractivity contribution in [3.8, 4) is 0 Å². The van der Waals surface area contributed by atoms with Crippen LogP contribution < -0.4 is 5.32 Å². The molecule has 1 saturated carbocycles. The summed E-state index contributed by atoms with van der Waals surface area (Å²) in [6, 6.07) is 3.32. The van der Waals surface area contributed by atoms with E-state index in [0.717, 1.165) is 4.88 Å². The van der Waals surface area contributed by atoms with Crippen LogP contribution in [-0.2, 0) is 16.0 Å². The van der Waals surface area contributed by atoms with Crippen LogP contribution in [-0.4, -0.2) is 29.3 Å². The van der Waals surface area contributed by atoms with Crippen molar-refractivity contribution in [1.82, 2.24) is 10.2 Å². The van der Waals surface area contributed by atoms with Crippen LogP contribution in [0.25, 0.3) is 0 Å². The third-order valence-corrected chi connectivity index (χ3v) is 4.40. The van der Waals surface area contributed by atoms with E-state index in [2.05, 4.69) is 5.32 Å². The van der Waals surface area contributed by atoms with Gasteiger partial charge in [0, 0.05) is 11.4 Å². The molecule has 1 aromatic heterocycles. The van der Waals surface area contributed by atoms with Gasteiger partial charge in [0.15, 0.2) is 0 Å². The number of carbonyl (C=O) groups excluding carboxylic acids is 3. The van der Waals surface area contributed by atoms with E-state index in [1.165, 1.54) is 4.90 Å². The number of urea groups is 1. The van der Waals surface area contributed by atoms with Crippen LogP contribution in [0.1, 0.15) is 17.7 Å². The van der Waals surface area contributed by atoms with Crippen molar-refractivity contribution < 1.29 is 14.4 Å². The van der Waals surface area contributed by atoms with Crippen molar-refractivity contribution >= 4 is 29.2 Å².